The molecule has 4 heteroatoms. The third-order valence-electron chi connectivity index (χ3n) is 3.59. The Morgan fingerprint density at radius 2 is 2.32 bits per heavy atom. The van der Waals surface area contributed by atoms with Gasteiger partial charge in [0, 0.05) is 24.9 Å². The van der Waals surface area contributed by atoms with E-state index in [2.05, 4.69) is 10.6 Å². The molecule has 0 spiro atoms. The zero-order valence-corrected chi connectivity index (χ0v) is 11.4. The number of carbonyl (C=O) groups excluding carboxylic acids is 1. The van der Waals surface area contributed by atoms with Crippen LogP contribution in [0, 0.1) is 0 Å². The predicted molar refractivity (Wildman–Crippen MR) is 76.2 cm³/mol. The Labute approximate surface area is 114 Å². The van der Waals surface area contributed by atoms with Crippen molar-refractivity contribution in [3.8, 4) is 0 Å². The Kier molecular flexibility index (Phi) is 4.80. The lowest BCUT2D eigenvalue weighted by atomic mass is 9.90. The fourth-order valence-corrected chi connectivity index (χ4v) is 2.55. The van der Waals surface area contributed by atoms with Gasteiger partial charge in [-0.05, 0) is 37.8 Å². The number of hydrogen-bond donors (Lipinski definition) is 3. The van der Waals surface area contributed by atoms with Gasteiger partial charge in [0.15, 0.2) is 0 Å². The molecule has 1 aliphatic heterocycles. The number of anilines is 1. The molecule has 1 amide bonds. The standard InChI is InChI=1S/C15H22N2O2/c1-11(5-4-10-18)17-15(19)13-8-9-16-14-7-3-2-6-12(13)14/h2-3,6-7,11,13,16,18H,4-5,8-10H2,1H3,(H,17,19). The first kappa shape index (κ1) is 13.9. The van der Waals surface area contributed by atoms with Crippen LogP contribution >= 0.6 is 0 Å². The molecule has 0 radical (unpaired) electrons. The lowest BCUT2D eigenvalue weighted by molar-refractivity contribution is -0.123. The number of para-hydroxylation sites is 1. The predicted octanol–water partition coefficient (Wildman–Crippen LogP) is 1.86. The molecule has 1 aliphatic rings. The number of nitrogens with one attached hydrogen (secondary N) is 2. The SMILES string of the molecule is CC(CCCO)NC(=O)C1CCNc2ccccc21. The van der Waals surface area contributed by atoms with E-state index in [1.165, 1.54) is 0 Å². The number of benzene rings is 1. The van der Waals surface area contributed by atoms with Crippen LogP contribution in [-0.2, 0) is 4.79 Å². The van der Waals surface area contributed by atoms with E-state index in [-0.39, 0.29) is 24.5 Å². The first-order valence-corrected chi connectivity index (χ1v) is 6.96. The molecule has 0 fully saturated rings. The summed E-state index contributed by atoms with van der Waals surface area (Å²) in [6, 6.07) is 8.10. The Morgan fingerprint density at radius 3 is 3.11 bits per heavy atom. The third kappa shape index (κ3) is 3.47. The first-order chi connectivity index (χ1) is 9.22. The van der Waals surface area contributed by atoms with Crippen LogP contribution in [0.2, 0.25) is 0 Å². The maximum atomic E-state index is 12.3. The van der Waals surface area contributed by atoms with E-state index in [9.17, 15) is 4.79 Å². The molecular formula is C15H22N2O2. The van der Waals surface area contributed by atoms with Crippen molar-refractivity contribution in [3.63, 3.8) is 0 Å². The van der Waals surface area contributed by atoms with Crippen LogP contribution in [0.3, 0.4) is 0 Å². The second-order valence-electron chi connectivity index (χ2n) is 5.13. The summed E-state index contributed by atoms with van der Waals surface area (Å²) in [4.78, 5) is 12.3. The fraction of sp³-hybridized carbons (Fsp3) is 0.533. The number of aliphatic hydroxyl groups excluding tert-OH is 1. The Bertz CT molecular complexity index is 434. The van der Waals surface area contributed by atoms with Crippen LogP contribution in [0.4, 0.5) is 5.69 Å². The van der Waals surface area contributed by atoms with Gasteiger partial charge in [0.2, 0.25) is 5.91 Å². The van der Waals surface area contributed by atoms with Gasteiger partial charge in [0.25, 0.3) is 0 Å². The summed E-state index contributed by atoms with van der Waals surface area (Å²) in [6.07, 6.45) is 2.37. The molecule has 2 atom stereocenters. The third-order valence-corrected chi connectivity index (χ3v) is 3.59. The summed E-state index contributed by atoms with van der Waals surface area (Å²) in [5.41, 5.74) is 2.15. The minimum atomic E-state index is -0.0611. The number of carbonyl (C=O) groups is 1. The molecule has 2 rings (SSSR count). The maximum Gasteiger partial charge on any atom is 0.227 e. The van der Waals surface area contributed by atoms with Gasteiger partial charge >= 0.3 is 0 Å². The second kappa shape index (κ2) is 6.57. The van der Waals surface area contributed by atoms with Gasteiger partial charge < -0.3 is 15.7 Å². The normalized spacial score (nSPS) is 19.2. The number of aliphatic hydroxyl groups is 1. The van der Waals surface area contributed by atoms with Crippen molar-refractivity contribution in [3.05, 3.63) is 29.8 Å². The molecule has 0 saturated carbocycles. The van der Waals surface area contributed by atoms with E-state index in [1.54, 1.807) is 0 Å². The molecule has 0 saturated heterocycles. The zero-order valence-electron chi connectivity index (χ0n) is 11.4. The summed E-state index contributed by atoms with van der Waals surface area (Å²) >= 11 is 0. The van der Waals surface area contributed by atoms with Crippen LogP contribution < -0.4 is 10.6 Å². The molecule has 0 aromatic heterocycles. The molecule has 1 aromatic rings. The number of rotatable bonds is 5. The van der Waals surface area contributed by atoms with Crippen LogP contribution in [0.15, 0.2) is 24.3 Å². The Balaban J connectivity index is 2.00. The van der Waals surface area contributed by atoms with Crippen LogP contribution in [-0.4, -0.2) is 30.2 Å². The van der Waals surface area contributed by atoms with E-state index in [0.29, 0.717) is 0 Å². The molecule has 1 aromatic carbocycles. The highest BCUT2D eigenvalue weighted by Crippen LogP contribution is 2.31. The molecule has 104 valence electrons. The van der Waals surface area contributed by atoms with Crippen molar-refractivity contribution in [2.24, 2.45) is 0 Å². The van der Waals surface area contributed by atoms with Crippen LogP contribution in [0.25, 0.3) is 0 Å². The highest BCUT2D eigenvalue weighted by molar-refractivity contribution is 5.86. The Morgan fingerprint density at radius 1 is 1.53 bits per heavy atom. The van der Waals surface area contributed by atoms with Crippen LogP contribution in [0.1, 0.15) is 37.7 Å². The summed E-state index contributed by atoms with van der Waals surface area (Å²) in [7, 11) is 0. The molecule has 4 nitrogen and oxygen atoms in total. The summed E-state index contributed by atoms with van der Waals surface area (Å²) in [5.74, 6) is 0.0356. The summed E-state index contributed by atoms with van der Waals surface area (Å²) in [6.45, 7) is 3.00. The topological polar surface area (TPSA) is 61.4 Å². The van der Waals surface area contributed by atoms with Crippen molar-refractivity contribution in [2.75, 3.05) is 18.5 Å². The zero-order chi connectivity index (χ0) is 13.7. The highest BCUT2D eigenvalue weighted by atomic mass is 16.3. The van der Waals surface area contributed by atoms with E-state index in [4.69, 9.17) is 5.11 Å². The summed E-state index contributed by atoms with van der Waals surface area (Å²) in [5, 5.41) is 15.2. The smallest absolute Gasteiger partial charge is 0.227 e. The molecule has 3 N–H and O–H groups in total. The molecule has 1 heterocycles. The van der Waals surface area contributed by atoms with Crippen molar-refractivity contribution >= 4 is 11.6 Å². The minimum Gasteiger partial charge on any atom is -0.396 e. The van der Waals surface area contributed by atoms with Gasteiger partial charge in [0.05, 0.1) is 5.92 Å². The summed E-state index contributed by atoms with van der Waals surface area (Å²) < 4.78 is 0. The van der Waals surface area contributed by atoms with Gasteiger partial charge in [-0.3, -0.25) is 4.79 Å². The fourth-order valence-electron chi connectivity index (χ4n) is 2.55. The second-order valence-corrected chi connectivity index (χ2v) is 5.13. The van der Waals surface area contributed by atoms with Gasteiger partial charge in [-0.1, -0.05) is 18.2 Å². The van der Waals surface area contributed by atoms with E-state index in [0.717, 1.165) is 37.1 Å². The molecular weight excluding hydrogens is 240 g/mol. The number of fused-ring (bicyclic) bond motifs is 1. The Hall–Kier alpha value is -1.55. The molecule has 2 unspecified atom stereocenters. The van der Waals surface area contributed by atoms with Crippen molar-refractivity contribution < 1.29 is 9.90 Å². The van der Waals surface area contributed by atoms with Crippen molar-refractivity contribution in [2.45, 2.75) is 38.1 Å². The number of hydrogen-bond acceptors (Lipinski definition) is 3. The average molecular weight is 262 g/mol. The largest absolute Gasteiger partial charge is 0.396 e. The lowest BCUT2D eigenvalue weighted by Gasteiger charge is -2.27. The minimum absolute atomic E-state index is 0.0611. The lowest BCUT2D eigenvalue weighted by Crippen LogP contribution is -2.38. The van der Waals surface area contributed by atoms with E-state index < -0.39 is 0 Å². The maximum absolute atomic E-state index is 12.3. The van der Waals surface area contributed by atoms with Gasteiger partial charge in [0.1, 0.15) is 0 Å². The number of amides is 1. The average Bonchev–Trinajstić information content (AvgIpc) is 2.44. The van der Waals surface area contributed by atoms with Gasteiger partial charge in [-0.25, -0.2) is 0 Å². The monoisotopic (exact) mass is 262 g/mol. The van der Waals surface area contributed by atoms with E-state index in [1.807, 2.05) is 31.2 Å². The van der Waals surface area contributed by atoms with E-state index >= 15 is 0 Å². The van der Waals surface area contributed by atoms with Gasteiger partial charge in [-0.15, -0.1) is 0 Å². The molecule has 0 aliphatic carbocycles. The van der Waals surface area contributed by atoms with Crippen molar-refractivity contribution in [1.82, 2.24) is 5.32 Å². The quantitative estimate of drug-likeness (QED) is 0.759. The molecule has 0 bridgehead atoms. The van der Waals surface area contributed by atoms with Crippen LogP contribution in [0.5, 0.6) is 0 Å². The first-order valence-electron chi connectivity index (χ1n) is 6.96. The van der Waals surface area contributed by atoms with Crippen molar-refractivity contribution in [1.29, 1.82) is 0 Å². The highest BCUT2D eigenvalue weighted by Gasteiger charge is 2.26. The molecule has 19 heavy (non-hydrogen) atoms. The van der Waals surface area contributed by atoms with Gasteiger partial charge in [-0.2, -0.15) is 0 Å².